The molecule has 1 N–H and O–H groups in total. The van der Waals surface area contributed by atoms with Gasteiger partial charge < -0.3 is 5.32 Å². The van der Waals surface area contributed by atoms with Crippen molar-refractivity contribution in [3.8, 4) is 0 Å². The van der Waals surface area contributed by atoms with Gasteiger partial charge in [-0.15, -0.1) is 11.3 Å². The molecule has 0 atom stereocenters. The minimum absolute atomic E-state index is 0.757. The van der Waals surface area contributed by atoms with Gasteiger partial charge in [0.1, 0.15) is 0 Å². The van der Waals surface area contributed by atoms with Gasteiger partial charge in [-0.1, -0.05) is 18.5 Å². The molecule has 0 spiro atoms. The van der Waals surface area contributed by atoms with E-state index >= 15 is 0 Å². The van der Waals surface area contributed by atoms with Crippen LogP contribution in [0.1, 0.15) is 35.0 Å². The Balaban J connectivity index is 1.95. The van der Waals surface area contributed by atoms with Crippen molar-refractivity contribution in [3.63, 3.8) is 0 Å². The van der Waals surface area contributed by atoms with Crippen molar-refractivity contribution in [2.24, 2.45) is 0 Å². The van der Waals surface area contributed by atoms with Crippen LogP contribution >= 0.6 is 22.9 Å². The van der Waals surface area contributed by atoms with Gasteiger partial charge >= 0.3 is 0 Å². The lowest BCUT2D eigenvalue weighted by atomic mass is 10.3. The summed E-state index contributed by atoms with van der Waals surface area (Å²) < 4.78 is 1.97. The molecule has 0 aliphatic heterocycles. The van der Waals surface area contributed by atoms with E-state index in [9.17, 15) is 0 Å². The SMILES string of the molecule is CCc1ccc(CNCc2c(Cl)c(C)nn2CC)s1. The summed E-state index contributed by atoms with van der Waals surface area (Å²) >= 11 is 8.15. The average molecular weight is 298 g/mol. The number of nitrogens with zero attached hydrogens (tertiary/aromatic N) is 2. The van der Waals surface area contributed by atoms with E-state index in [1.807, 2.05) is 22.9 Å². The molecule has 2 aromatic rings. The lowest BCUT2D eigenvalue weighted by Gasteiger charge is -2.06. The fourth-order valence-electron chi connectivity index (χ4n) is 2.05. The second kappa shape index (κ2) is 6.55. The van der Waals surface area contributed by atoms with Crippen LogP contribution in [0.2, 0.25) is 5.02 Å². The highest BCUT2D eigenvalue weighted by Gasteiger charge is 2.11. The molecule has 0 saturated carbocycles. The molecule has 19 heavy (non-hydrogen) atoms. The lowest BCUT2D eigenvalue weighted by molar-refractivity contribution is 0.581. The Morgan fingerprint density at radius 1 is 1.26 bits per heavy atom. The number of thiophene rings is 1. The second-order valence-electron chi connectivity index (χ2n) is 4.49. The molecule has 2 rings (SSSR count). The third-order valence-electron chi connectivity index (χ3n) is 3.11. The van der Waals surface area contributed by atoms with Crippen LogP contribution in [0.3, 0.4) is 0 Å². The summed E-state index contributed by atoms with van der Waals surface area (Å²) in [6.07, 6.45) is 1.11. The number of hydrogen-bond donors (Lipinski definition) is 1. The van der Waals surface area contributed by atoms with Crippen molar-refractivity contribution in [3.05, 3.63) is 38.3 Å². The highest BCUT2D eigenvalue weighted by Crippen LogP contribution is 2.21. The Kier molecular flexibility index (Phi) is 5.02. The molecule has 0 saturated heterocycles. The molecule has 0 unspecified atom stereocenters. The van der Waals surface area contributed by atoms with Crippen molar-refractivity contribution in [2.75, 3.05) is 0 Å². The van der Waals surface area contributed by atoms with E-state index in [0.29, 0.717) is 0 Å². The summed E-state index contributed by atoms with van der Waals surface area (Å²) in [4.78, 5) is 2.80. The molecule has 5 heteroatoms. The van der Waals surface area contributed by atoms with Gasteiger partial charge in [-0.25, -0.2) is 0 Å². The van der Waals surface area contributed by atoms with Crippen LogP contribution in [0.15, 0.2) is 12.1 Å². The Morgan fingerprint density at radius 2 is 2.00 bits per heavy atom. The minimum Gasteiger partial charge on any atom is -0.306 e. The molecule has 104 valence electrons. The van der Waals surface area contributed by atoms with Gasteiger partial charge in [-0.2, -0.15) is 5.10 Å². The van der Waals surface area contributed by atoms with Gasteiger partial charge in [-0.05, 0) is 32.4 Å². The quantitative estimate of drug-likeness (QED) is 0.879. The number of nitrogens with one attached hydrogen (secondary N) is 1. The molecular formula is C14H20ClN3S. The van der Waals surface area contributed by atoms with Crippen LogP contribution in [0.5, 0.6) is 0 Å². The predicted molar refractivity (Wildman–Crippen MR) is 81.9 cm³/mol. The Bertz CT molecular complexity index is 545. The topological polar surface area (TPSA) is 29.9 Å². The zero-order valence-corrected chi connectivity index (χ0v) is 13.2. The summed E-state index contributed by atoms with van der Waals surface area (Å²) in [6, 6.07) is 4.40. The summed E-state index contributed by atoms with van der Waals surface area (Å²) in [5, 5.41) is 8.66. The van der Waals surface area contributed by atoms with Crippen LogP contribution < -0.4 is 5.32 Å². The van der Waals surface area contributed by atoms with E-state index < -0.39 is 0 Å². The largest absolute Gasteiger partial charge is 0.306 e. The first-order valence-corrected chi connectivity index (χ1v) is 7.85. The van der Waals surface area contributed by atoms with E-state index in [1.54, 1.807) is 0 Å². The molecule has 0 radical (unpaired) electrons. The van der Waals surface area contributed by atoms with E-state index in [2.05, 4.69) is 36.4 Å². The monoisotopic (exact) mass is 297 g/mol. The van der Waals surface area contributed by atoms with Crippen LogP contribution in [0.25, 0.3) is 0 Å². The smallest absolute Gasteiger partial charge is 0.0860 e. The highest BCUT2D eigenvalue weighted by molar-refractivity contribution is 7.11. The Morgan fingerprint density at radius 3 is 2.63 bits per heavy atom. The zero-order valence-electron chi connectivity index (χ0n) is 11.7. The molecule has 0 bridgehead atoms. The minimum atomic E-state index is 0.757. The van der Waals surface area contributed by atoms with Crippen LogP contribution in [0.4, 0.5) is 0 Å². The van der Waals surface area contributed by atoms with Gasteiger partial charge in [0, 0.05) is 29.4 Å². The van der Waals surface area contributed by atoms with E-state index in [-0.39, 0.29) is 0 Å². The first-order valence-electron chi connectivity index (χ1n) is 6.65. The maximum absolute atomic E-state index is 6.28. The molecule has 0 aliphatic rings. The first kappa shape index (κ1) is 14.6. The van der Waals surface area contributed by atoms with Gasteiger partial charge in [-0.3, -0.25) is 4.68 Å². The van der Waals surface area contributed by atoms with Gasteiger partial charge in [0.15, 0.2) is 0 Å². The zero-order chi connectivity index (χ0) is 13.8. The van der Waals surface area contributed by atoms with Crippen molar-refractivity contribution < 1.29 is 0 Å². The summed E-state index contributed by atoms with van der Waals surface area (Å²) in [5.74, 6) is 0. The molecule has 0 fully saturated rings. The van der Waals surface area contributed by atoms with Gasteiger partial charge in [0.25, 0.3) is 0 Å². The van der Waals surface area contributed by atoms with Crippen molar-refractivity contribution in [2.45, 2.75) is 46.8 Å². The van der Waals surface area contributed by atoms with E-state index in [4.69, 9.17) is 11.6 Å². The summed E-state index contributed by atoms with van der Waals surface area (Å²) in [7, 11) is 0. The first-order chi connectivity index (χ1) is 9.15. The molecule has 2 heterocycles. The predicted octanol–water partition coefficient (Wildman–Crippen LogP) is 3.78. The van der Waals surface area contributed by atoms with E-state index in [1.165, 1.54) is 9.75 Å². The van der Waals surface area contributed by atoms with Gasteiger partial charge in [0.2, 0.25) is 0 Å². The lowest BCUT2D eigenvalue weighted by Crippen LogP contribution is -2.15. The number of aromatic nitrogens is 2. The molecule has 0 aliphatic carbocycles. The van der Waals surface area contributed by atoms with Crippen molar-refractivity contribution >= 4 is 22.9 Å². The molecular weight excluding hydrogens is 278 g/mol. The maximum atomic E-state index is 6.28. The number of halogens is 1. The Labute approximate surface area is 123 Å². The summed E-state index contributed by atoms with van der Waals surface area (Å²) in [5.41, 5.74) is 1.98. The number of rotatable bonds is 6. The highest BCUT2D eigenvalue weighted by atomic mass is 35.5. The fraction of sp³-hybridized carbons (Fsp3) is 0.500. The van der Waals surface area contributed by atoms with Crippen molar-refractivity contribution in [1.29, 1.82) is 0 Å². The normalized spacial score (nSPS) is 11.2. The number of aryl methyl sites for hydroxylation is 3. The fourth-order valence-corrected chi connectivity index (χ4v) is 3.18. The molecule has 0 amide bonds. The molecule has 3 nitrogen and oxygen atoms in total. The average Bonchev–Trinajstić information content (AvgIpc) is 2.98. The molecule has 2 aromatic heterocycles. The molecule has 0 aromatic carbocycles. The standard InChI is InChI=1S/C14H20ClN3S/c1-4-11-6-7-12(19-11)8-16-9-13-14(15)10(3)17-18(13)5-2/h6-7,16H,4-5,8-9H2,1-3H3. The van der Waals surface area contributed by atoms with E-state index in [0.717, 1.165) is 42.5 Å². The summed E-state index contributed by atoms with van der Waals surface area (Å²) in [6.45, 7) is 8.71. The van der Waals surface area contributed by atoms with Crippen molar-refractivity contribution in [1.82, 2.24) is 15.1 Å². The third kappa shape index (κ3) is 3.38. The Hall–Kier alpha value is -0.840. The van der Waals surface area contributed by atoms with Crippen LogP contribution in [0, 0.1) is 6.92 Å². The van der Waals surface area contributed by atoms with Gasteiger partial charge in [0.05, 0.1) is 16.4 Å². The third-order valence-corrected chi connectivity index (χ3v) is 4.83. The second-order valence-corrected chi connectivity index (χ2v) is 6.12. The maximum Gasteiger partial charge on any atom is 0.0860 e. The number of hydrogen-bond acceptors (Lipinski definition) is 3. The van der Waals surface area contributed by atoms with Crippen LogP contribution in [-0.4, -0.2) is 9.78 Å². The van der Waals surface area contributed by atoms with Crippen LogP contribution in [-0.2, 0) is 26.1 Å².